The zero-order valence-corrected chi connectivity index (χ0v) is 13.1. The smallest absolute Gasteiger partial charge is 0.178 e. The Kier molecular flexibility index (Phi) is 2.83. The summed E-state index contributed by atoms with van der Waals surface area (Å²) in [5, 5.41) is 10.9. The third-order valence-electron chi connectivity index (χ3n) is 7.27. The quantitative estimate of drug-likeness (QED) is 0.738. The van der Waals surface area contributed by atoms with Crippen molar-refractivity contribution in [2.45, 2.75) is 58.5 Å². The maximum Gasteiger partial charge on any atom is 0.178 e. The molecule has 4 aliphatic rings. The molecule has 4 aliphatic carbocycles. The van der Waals surface area contributed by atoms with Crippen molar-refractivity contribution in [1.29, 1.82) is 0 Å². The first-order valence-electron chi connectivity index (χ1n) is 8.56. The van der Waals surface area contributed by atoms with E-state index in [0.29, 0.717) is 17.3 Å². The third-order valence-corrected chi connectivity index (χ3v) is 7.27. The summed E-state index contributed by atoms with van der Waals surface area (Å²) in [6.45, 7) is 4.65. The lowest BCUT2D eigenvalue weighted by Gasteiger charge is -2.58. The van der Waals surface area contributed by atoms with Crippen molar-refractivity contribution in [2.75, 3.05) is 0 Å². The Labute approximate surface area is 127 Å². The van der Waals surface area contributed by atoms with Crippen molar-refractivity contribution in [1.82, 2.24) is 0 Å². The van der Waals surface area contributed by atoms with Crippen LogP contribution in [0.15, 0.2) is 23.8 Å². The number of hydrogen-bond acceptors (Lipinski definition) is 2. The average Bonchev–Trinajstić information content (AvgIpc) is 2.80. The summed E-state index contributed by atoms with van der Waals surface area (Å²) in [7, 11) is 0. The first-order valence-corrected chi connectivity index (χ1v) is 8.56. The molecule has 3 saturated carbocycles. The van der Waals surface area contributed by atoms with E-state index in [1.165, 1.54) is 24.8 Å². The minimum absolute atomic E-state index is 0.0971. The Morgan fingerprint density at radius 3 is 2.90 bits per heavy atom. The lowest BCUT2D eigenvalue weighted by Crippen LogP contribution is -2.54. The SMILES string of the molecule is C[C@@]12CCC[C@H]1[C@@H]1CCC3=CC(=O)C=C[C@]3(C)[C@H]1C(O)C2. The fraction of sp³-hybridized carbons (Fsp3) is 0.737. The molecule has 3 fully saturated rings. The maximum atomic E-state index is 11.7. The standard InChI is InChI=1S/C19H26O2/c1-18-8-3-4-15(18)14-6-5-12-10-13(20)7-9-19(12,2)17(14)16(21)11-18/h7,9-10,14-17,21H,3-6,8,11H2,1-2H3/t14-,15-,16?,17+,18-,19-/m0/s1. The van der Waals surface area contributed by atoms with Crippen LogP contribution in [0.5, 0.6) is 0 Å². The second kappa shape index (κ2) is 4.32. The largest absolute Gasteiger partial charge is 0.393 e. The number of ketones is 1. The average molecular weight is 286 g/mol. The van der Waals surface area contributed by atoms with Crippen molar-refractivity contribution >= 4 is 5.78 Å². The summed E-state index contributed by atoms with van der Waals surface area (Å²) in [4.78, 5) is 11.7. The topological polar surface area (TPSA) is 37.3 Å². The second-order valence-corrected chi connectivity index (χ2v) is 8.34. The molecule has 0 spiro atoms. The summed E-state index contributed by atoms with van der Waals surface area (Å²) >= 11 is 0. The van der Waals surface area contributed by atoms with E-state index in [-0.39, 0.29) is 17.3 Å². The fourth-order valence-electron chi connectivity index (χ4n) is 6.34. The number of carbonyl (C=O) groups is 1. The van der Waals surface area contributed by atoms with Gasteiger partial charge in [0.15, 0.2) is 5.78 Å². The van der Waals surface area contributed by atoms with Gasteiger partial charge in [0.05, 0.1) is 6.10 Å². The molecule has 21 heavy (non-hydrogen) atoms. The molecule has 0 aromatic heterocycles. The Balaban J connectivity index is 1.76. The zero-order valence-electron chi connectivity index (χ0n) is 13.1. The summed E-state index contributed by atoms with van der Waals surface area (Å²) in [5.74, 6) is 1.83. The normalized spacial score (nSPS) is 52.0. The van der Waals surface area contributed by atoms with Gasteiger partial charge in [-0.15, -0.1) is 0 Å². The van der Waals surface area contributed by atoms with Gasteiger partial charge in [0, 0.05) is 11.3 Å². The molecule has 0 heterocycles. The van der Waals surface area contributed by atoms with E-state index < -0.39 is 0 Å². The van der Waals surface area contributed by atoms with Crippen molar-refractivity contribution in [2.24, 2.45) is 28.6 Å². The molecule has 2 nitrogen and oxygen atoms in total. The molecule has 1 unspecified atom stereocenters. The van der Waals surface area contributed by atoms with Gasteiger partial charge in [-0.3, -0.25) is 4.79 Å². The van der Waals surface area contributed by atoms with Gasteiger partial charge in [-0.2, -0.15) is 0 Å². The van der Waals surface area contributed by atoms with Crippen LogP contribution in [0.2, 0.25) is 0 Å². The van der Waals surface area contributed by atoms with Gasteiger partial charge in [0.25, 0.3) is 0 Å². The van der Waals surface area contributed by atoms with Gasteiger partial charge in [0.2, 0.25) is 0 Å². The number of rotatable bonds is 0. The molecule has 4 rings (SSSR count). The molecule has 1 N–H and O–H groups in total. The maximum absolute atomic E-state index is 11.7. The van der Waals surface area contributed by atoms with Crippen LogP contribution in [0.4, 0.5) is 0 Å². The Hall–Kier alpha value is -0.890. The van der Waals surface area contributed by atoms with Gasteiger partial charge >= 0.3 is 0 Å². The summed E-state index contributed by atoms with van der Waals surface area (Å²) in [6, 6.07) is 0. The molecule has 6 atom stereocenters. The van der Waals surface area contributed by atoms with E-state index in [2.05, 4.69) is 19.9 Å². The van der Waals surface area contributed by atoms with Crippen LogP contribution in [0.25, 0.3) is 0 Å². The van der Waals surface area contributed by atoms with Crippen molar-refractivity contribution in [3.8, 4) is 0 Å². The molecule has 0 radical (unpaired) electrons. The molecule has 114 valence electrons. The van der Waals surface area contributed by atoms with E-state index in [0.717, 1.165) is 25.2 Å². The van der Waals surface area contributed by atoms with Gasteiger partial charge in [-0.25, -0.2) is 0 Å². The van der Waals surface area contributed by atoms with E-state index >= 15 is 0 Å². The number of hydrogen-bond donors (Lipinski definition) is 1. The lowest BCUT2D eigenvalue weighted by atomic mass is 9.47. The van der Waals surface area contributed by atoms with Crippen molar-refractivity contribution < 1.29 is 9.90 Å². The van der Waals surface area contributed by atoms with Crippen LogP contribution in [0.3, 0.4) is 0 Å². The van der Waals surface area contributed by atoms with E-state index in [4.69, 9.17) is 0 Å². The van der Waals surface area contributed by atoms with Crippen LogP contribution in [-0.4, -0.2) is 17.0 Å². The minimum atomic E-state index is -0.221. The predicted molar refractivity (Wildman–Crippen MR) is 82.6 cm³/mol. The van der Waals surface area contributed by atoms with E-state index in [1.54, 1.807) is 6.08 Å². The first kappa shape index (κ1) is 13.8. The Morgan fingerprint density at radius 1 is 1.29 bits per heavy atom. The highest BCUT2D eigenvalue weighted by Crippen LogP contribution is 2.64. The number of fused-ring (bicyclic) bond motifs is 5. The zero-order chi connectivity index (χ0) is 14.8. The number of aliphatic hydroxyl groups excluding tert-OH is 1. The molecular formula is C19H26O2. The van der Waals surface area contributed by atoms with Crippen LogP contribution < -0.4 is 0 Å². The minimum Gasteiger partial charge on any atom is -0.393 e. The van der Waals surface area contributed by atoms with E-state index in [1.807, 2.05) is 6.08 Å². The Morgan fingerprint density at radius 2 is 2.10 bits per heavy atom. The number of carbonyl (C=O) groups excluding carboxylic acids is 1. The van der Waals surface area contributed by atoms with Gasteiger partial charge < -0.3 is 5.11 Å². The lowest BCUT2D eigenvalue weighted by molar-refractivity contribution is -0.113. The highest BCUT2D eigenvalue weighted by Gasteiger charge is 2.58. The van der Waals surface area contributed by atoms with Crippen LogP contribution >= 0.6 is 0 Å². The third kappa shape index (κ3) is 1.78. The molecule has 2 heteroatoms. The molecule has 0 aliphatic heterocycles. The van der Waals surface area contributed by atoms with Gasteiger partial charge in [-0.1, -0.05) is 31.9 Å². The first-order chi connectivity index (χ1) is 9.94. The highest BCUT2D eigenvalue weighted by molar-refractivity contribution is 6.01. The number of allylic oxidation sites excluding steroid dienone is 4. The Bertz CT molecular complexity index is 546. The van der Waals surface area contributed by atoms with E-state index in [9.17, 15) is 9.90 Å². The van der Waals surface area contributed by atoms with Crippen LogP contribution in [-0.2, 0) is 4.79 Å². The molecular weight excluding hydrogens is 260 g/mol. The second-order valence-electron chi connectivity index (χ2n) is 8.34. The molecule has 0 bridgehead atoms. The highest BCUT2D eigenvalue weighted by atomic mass is 16.3. The summed E-state index contributed by atoms with van der Waals surface area (Å²) < 4.78 is 0. The molecule has 0 aromatic rings. The van der Waals surface area contributed by atoms with Gasteiger partial charge in [0.1, 0.15) is 0 Å². The van der Waals surface area contributed by atoms with Crippen molar-refractivity contribution in [3.05, 3.63) is 23.8 Å². The van der Waals surface area contributed by atoms with Crippen LogP contribution in [0, 0.1) is 28.6 Å². The predicted octanol–water partition coefficient (Wildman–Crippen LogP) is 3.66. The number of aliphatic hydroxyl groups is 1. The molecule has 0 saturated heterocycles. The molecule has 0 aromatic carbocycles. The summed E-state index contributed by atoms with van der Waals surface area (Å²) in [5.41, 5.74) is 1.52. The van der Waals surface area contributed by atoms with Gasteiger partial charge in [-0.05, 0) is 61.5 Å². The van der Waals surface area contributed by atoms with Crippen molar-refractivity contribution in [3.63, 3.8) is 0 Å². The monoisotopic (exact) mass is 286 g/mol. The summed E-state index contributed by atoms with van der Waals surface area (Å²) in [6.07, 6.45) is 12.5. The molecule has 0 amide bonds. The van der Waals surface area contributed by atoms with Crippen LogP contribution in [0.1, 0.15) is 52.4 Å². The fourth-order valence-corrected chi connectivity index (χ4v) is 6.34.